The average Bonchev–Trinajstić information content (AvgIpc) is 2.58. The fourth-order valence-electron chi connectivity index (χ4n) is 1.26. The largest absolute Gasteiger partial charge is 0.385 e. The molecule has 0 bridgehead atoms. The van der Waals surface area contributed by atoms with E-state index in [1.54, 1.807) is 5.38 Å². The zero-order chi connectivity index (χ0) is 11.7. The fourth-order valence-corrected chi connectivity index (χ4v) is 1.84. The molecule has 2 heterocycles. The van der Waals surface area contributed by atoms with Gasteiger partial charge in [-0.25, -0.2) is 4.79 Å². The van der Waals surface area contributed by atoms with Gasteiger partial charge in [0.2, 0.25) is 0 Å². The van der Waals surface area contributed by atoms with Crippen LogP contribution in [0.1, 0.15) is 5.69 Å². The van der Waals surface area contributed by atoms with Gasteiger partial charge in [-0.2, -0.15) is 0 Å². The molecule has 7 nitrogen and oxygen atoms in total. The van der Waals surface area contributed by atoms with Crippen molar-refractivity contribution in [2.75, 3.05) is 5.73 Å². The highest BCUT2D eigenvalue weighted by Gasteiger charge is 2.05. The van der Waals surface area contributed by atoms with E-state index in [1.807, 2.05) is 0 Å². The van der Waals surface area contributed by atoms with Crippen LogP contribution < -0.4 is 21.9 Å². The number of hydrogen-bond acceptors (Lipinski definition) is 5. The molecule has 0 saturated heterocycles. The molecule has 0 fully saturated rings. The van der Waals surface area contributed by atoms with Gasteiger partial charge in [-0.05, 0) is 0 Å². The van der Waals surface area contributed by atoms with Crippen molar-refractivity contribution in [1.82, 2.24) is 14.5 Å². The van der Waals surface area contributed by atoms with Crippen LogP contribution in [0.4, 0.5) is 5.82 Å². The predicted octanol–water partition coefficient (Wildman–Crippen LogP) is -1.08. The third-order valence-electron chi connectivity index (χ3n) is 1.97. The number of H-pyrrole nitrogens is 2. The molecule has 2 aromatic heterocycles. The molecule has 0 radical (unpaired) electrons. The summed E-state index contributed by atoms with van der Waals surface area (Å²) in [5.74, 6) is 0.0563. The van der Waals surface area contributed by atoms with E-state index >= 15 is 0 Å². The molecule has 0 atom stereocenters. The van der Waals surface area contributed by atoms with Gasteiger partial charge >= 0.3 is 10.6 Å². The molecule has 84 valence electrons. The van der Waals surface area contributed by atoms with Gasteiger partial charge < -0.3 is 10.7 Å². The smallest absolute Gasteiger partial charge is 0.330 e. The summed E-state index contributed by atoms with van der Waals surface area (Å²) < 4.78 is 1.17. The zero-order valence-corrected chi connectivity index (χ0v) is 8.84. The Hall–Kier alpha value is -2.09. The lowest BCUT2D eigenvalue weighted by Gasteiger charge is -2.05. The van der Waals surface area contributed by atoms with Gasteiger partial charge in [0.15, 0.2) is 0 Å². The lowest BCUT2D eigenvalue weighted by atomic mass is 10.4. The van der Waals surface area contributed by atoms with Gasteiger partial charge in [0.1, 0.15) is 5.82 Å². The van der Waals surface area contributed by atoms with Gasteiger partial charge in [0.05, 0.1) is 6.54 Å². The van der Waals surface area contributed by atoms with Crippen LogP contribution >= 0.6 is 11.3 Å². The Morgan fingerprint density at radius 3 is 2.62 bits per heavy atom. The summed E-state index contributed by atoms with van der Waals surface area (Å²) in [7, 11) is 0. The molecular formula is C8H8N4O3S. The minimum absolute atomic E-state index is 0.0563. The topological polar surface area (TPSA) is 114 Å². The van der Waals surface area contributed by atoms with Gasteiger partial charge in [-0.1, -0.05) is 11.3 Å². The van der Waals surface area contributed by atoms with E-state index in [2.05, 4.69) is 9.97 Å². The highest BCUT2D eigenvalue weighted by atomic mass is 32.1. The number of aromatic nitrogens is 3. The quantitative estimate of drug-likeness (QED) is 0.619. The summed E-state index contributed by atoms with van der Waals surface area (Å²) in [5.41, 5.74) is 4.95. The van der Waals surface area contributed by atoms with Crippen LogP contribution in [0, 0.1) is 0 Å². The summed E-state index contributed by atoms with van der Waals surface area (Å²) in [6.45, 7) is 0.125. The van der Waals surface area contributed by atoms with Crippen molar-refractivity contribution in [2.45, 2.75) is 6.54 Å². The third kappa shape index (κ3) is 1.96. The molecule has 2 aromatic rings. The summed E-state index contributed by atoms with van der Waals surface area (Å²) in [6, 6.07) is 1.12. The molecule has 0 aliphatic carbocycles. The summed E-state index contributed by atoms with van der Waals surface area (Å²) in [5, 5.41) is 1.60. The standard InChI is InChI=1S/C8H8N4O3S/c9-5-1-6(13)11-7(14)12(5)2-4-3-16-8(15)10-4/h1,3H,2,9H2,(H,10,15)(H,11,13,14). The molecule has 16 heavy (non-hydrogen) atoms. The van der Waals surface area contributed by atoms with E-state index in [0.717, 1.165) is 17.4 Å². The molecule has 0 aliphatic heterocycles. The number of nitrogen functional groups attached to an aromatic ring is 1. The van der Waals surface area contributed by atoms with Crippen molar-refractivity contribution in [1.29, 1.82) is 0 Å². The van der Waals surface area contributed by atoms with Crippen LogP contribution in [0.25, 0.3) is 0 Å². The van der Waals surface area contributed by atoms with E-state index in [9.17, 15) is 14.4 Å². The zero-order valence-electron chi connectivity index (χ0n) is 8.02. The first-order valence-corrected chi connectivity index (χ1v) is 5.20. The first-order valence-electron chi connectivity index (χ1n) is 4.32. The van der Waals surface area contributed by atoms with E-state index in [1.165, 1.54) is 4.57 Å². The van der Waals surface area contributed by atoms with E-state index in [0.29, 0.717) is 5.69 Å². The van der Waals surface area contributed by atoms with Crippen LogP contribution in [0.15, 0.2) is 25.8 Å². The van der Waals surface area contributed by atoms with Crippen molar-refractivity contribution in [3.63, 3.8) is 0 Å². The molecule has 0 spiro atoms. The Bertz CT molecular complexity index is 677. The SMILES string of the molecule is Nc1cc(=O)[nH]c(=O)n1Cc1csc(=O)[nH]1. The lowest BCUT2D eigenvalue weighted by Crippen LogP contribution is -2.31. The molecule has 2 rings (SSSR count). The van der Waals surface area contributed by atoms with Crippen LogP contribution in [0.3, 0.4) is 0 Å². The number of nitrogens with zero attached hydrogens (tertiary/aromatic N) is 1. The van der Waals surface area contributed by atoms with Crippen molar-refractivity contribution in [3.05, 3.63) is 47.6 Å². The van der Waals surface area contributed by atoms with Gasteiger partial charge in [-0.15, -0.1) is 0 Å². The van der Waals surface area contributed by atoms with Gasteiger partial charge in [0.25, 0.3) is 5.56 Å². The van der Waals surface area contributed by atoms with E-state index < -0.39 is 11.2 Å². The van der Waals surface area contributed by atoms with E-state index in [4.69, 9.17) is 5.73 Å². The minimum Gasteiger partial charge on any atom is -0.385 e. The van der Waals surface area contributed by atoms with Crippen molar-refractivity contribution >= 4 is 17.2 Å². The molecule has 0 unspecified atom stereocenters. The number of hydrogen-bond donors (Lipinski definition) is 3. The maximum Gasteiger partial charge on any atom is 0.330 e. The second kappa shape index (κ2) is 3.81. The second-order valence-electron chi connectivity index (χ2n) is 3.12. The Morgan fingerprint density at radius 1 is 1.31 bits per heavy atom. The second-order valence-corrected chi connectivity index (χ2v) is 3.97. The fraction of sp³-hybridized carbons (Fsp3) is 0.125. The number of rotatable bonds is 2. The van der Waals surface area contributed by atoms with Gasteiger partial charge in [0, 0.05) is 17.1 Å². The van der Waals surface area contributed by atoms with Crippen molar-refractivity contribution in [3.8, 4) is 0 Å². The van der Waals surface area contributed by atoms with Crippen LogP contribution in [0.5, 0.6) is 0 Å². The number of aromatic amines is 2. The molecule has 0 saturated carbocycles. The molecule has 0 aromatic carbocycles. The van der Waals surface area contributed by atoms with Crippen molar-refractivity contribution in [2.24, 2.45) is 0 Å². The summed E-state index contributed by atoms with van der Waals surface area (Å²) in [4.78, 5) is 37.7. The monoisotopic (exact) mass is 240 g/mol. The maximum atomic E-state index is 11.4. The first kappa shape index (κ1) is 10.4. The Balaban J connectivity index is 2.46. The van der Waals surface area contributed by atoms with Crippen LogP contribution in [0.2, 0.25) is 0 Å². The summed E-state index contributed by atoms with van der Waals surface area (Å²) in [6.07, 6.45) is 0. The van der Waals surface area contributed by atoms with Gasteiger partial charge in [-0.3, -0.25) is 19.1 Å². The molecule has 8 heteroatoms. The van der Waals surface area contributed by atoms with Crippen LogP contribution in [-0.4, -0.2) is 14.5 Å². The Kier molecular flexibility index (Phi) is 2.49. The van der Waals surface area contributed by atoms with Crippen LogP contribution in [-0.2, 0) is 6.54 Å². The summed E-state index contributed by atoms with van der Waals surface area (Å²) >= 11 is 0.999. The van der Waals surface area contributed by atoms with E-state index in [-0.39, 0.29) is 17.2 Å². The number of anilines is 1. The third-order valence-corrected chi connectivity index (χ3v) is 2.68. The minimum atomic E-state index is -0.600. The van der Waals surface area contributed by atoms with Crippen molar-refractivity contribution < 1.29 is 0 Å². The highest BCUT2D eigenvalue weighted by molar-refractivity contribution is 7.07. The molecule has 4 N–H and O–H groups in total. The normalized spacial score (nSPS) is 10.5. The number of nitrogens with one attached hydrogen (secondary N) is 2. The molecular weight excluding hydrogens is 232 g/mol. The number of nitrogens with two attached hydrogens (primary N) is 1. The lowest BCUT2D eigenvalue weighted by molar-refractivity contribution is 0.719. The number of thiazole rings is 1. The Morgan fingerprint density at radius 2 is 2.06 bits per heavy atom. The maximum absolute atomic E-state index is 11.4. The predicted molar refractivity (Wildman–Crippen MR) is 59.8 cm³/mol. The average molecular weight is 240 g/mol. The highest BCUT2D eigenvalue weighted by Crippen LogP contribution is 2.01. The first-order chi connectivity index (χ1) is 7.56. The molecule has 0 aliphatic rings. The molecule has 0 amide bonds. The Labute approximate surface area is 92.2 Å².